The van der Waals surface area contributed by atoms with Gasteiger partial charge in [-0.1, -0.05) is 60.7 Å². The van der Waals surface area contributed by atoms with E-state index in [-0.39, 0.29) is 18.7 Å². The summed E-state index contributed by atoms with van der Waals surface area (Å²) in [5.74, 6) is -1.99. The molecule has 2 amide bonds. The third kappa shape index (κ3) is 6.05. The predicted molar refractivity (Wildman–Crippen MR) is 97.5 cm³/mol. The first-order valence-corrected chi connectivity index (χ1v) is 8.34. The maximum Gasteiger partial charge on any atom is 0.326 e. The van der Waals surface area contributed by atoms with E-state index in [1.165, 1.54) is 6.92 Å². The standard InChI is InChI=1S/C20H22N2O4/c1-14(23)21-17(12-15-8-4-2-5-9-15)19(24)22-18(20(25)26)13-16-10-6-3-7-11-16/h2-11,17-18H,12-13H2,1H3,(H,21,23)(H,22,24)(H,25,26)/t17-,18-/m0/s1. The molecule has 0 saturated carbocycles. The molecule has 0 fully saturated rings. The van der Waals surface area contributed by atoms with E-state index >= 15 is 0 Å². The van der Waals surface area contributed by atoms with Crippen molar-refractivity contribution in [2.75, 3.05) is 0 Å². The Bertz CT molecular complexity index is 747. The molecule has 0 aliphatic carbocycles. The van der Waals surface area contributed by atoms with Crippen molar-refractivity contribution >= 4 is 17.8 Å². The van der Waals surface area contributed by atoms with Gasteiger partial charge in [0.15, 0.2) is 0 Å². The summed E-state index contributed by atoms with van der Waals surface area (Å²) in [6, 6.07) is 16.4. The second kappa shape index (κ2) is 9.36. The van der Waals surface area contributed by atoms with E-state index in [0.717, 1.165) is 11.1 Å². The van der Waals surface area contributed by atoms with Crippen LogP contribution in [0.25, 0.3) is 0 Å². The number of carbonyl (C=O) groups excluding carboxylic acids is 2. The van der Waals surface area contributed by atoms with Gasteiger partial charge >= 0.3 is 5.97 Å². The highest BCUT2D eigenvalue weighted by Gasteiger charge is 2.26. The van der Waals surface area contributed by atoms with E-state index in [2.05, 4.69) is 10.6 Å². The normalized spacial score (nSPS) is 12.7. The first-order chi connectivity index (χ1) is 12.5. The van der Waals surface area contributed by atoms with E-state index in [1.807, 2.05) is 48.5 Å². The highest BCUT2D eigenvalue weighted by atomic mass is 16.4. The molecule has 2 aromatic rings. The minimum Gasteiger partial charge on any atom is -0.480 e. The minimum atomic E-state index is -1.12. The largest absolute Gasteiger partial charge is 0.480 e. The maximum atomic E-state index is 12.6. The zero-order chi connectivity index (χ0) is 18.9. The number of nitrogens with one attached hydrogen (secondary N) is 2. The van der Waals surface area contributed by atoms with Gasteiger partial charge in [0.1, 0.15) is 12.1 Å². The summed E-state index contributed by atoms with van der Waals surface area (Å²) >= 11 is 0. The molecule has 6 heteroatoms. The van der Waals surface area contributed by atoms with Gasteiger partial charge in [-0.05, 0) is 11.1 Å². The lowest BCUT2D eigenvalue weighted by Gasteiger charge is -2.21. The van der Waals surface area contributed by atoms with Gasteiger partial charge in [0, 0.05) is 19.8 Å². The molecule has 0 aliphatic rings. The van der Waals surface area contributed by atoms with Crippen molar-refractivity contribution in [3.05, 3.63) is 71.8 Å². The van der Waals surface area contributed by atoms with Crippen molar-refractivity contribution in [2.45, 2.75) is 31.8 Å². The fourth-order valence-corrected chi connectivity index (χ4v) is 2.63. The van der Waals surface area contributed by atoms with Gasteiger partial charge in [-0.3, -0.25) is 9.59 Å². The molecule has 0 spiro atoms. The Kier molecular flexibility index (Phi) is 6.91. The lowest BCUT2D eigenvalue weighted by Crippen LogP contribution is -2.52. The number of carboxylic acids is 1. The van der Waals surface area contributed by atoms with Crippen LogP contribution in [0.2, 0.25) is 0 Å². The van der Waals surface area contributed by atoms with Gasteiger partial charge in [-0.15, -0.1) is 0 Å². The zero-order valence-corrected chi connectivity index (χ0v) is 14.5. The predicted octanol–water partition coefficient (Wildman–Crippen LogP) is 1.55. The van der Waals surface area contributed by atoms with E-state index in [1.54, 1.807) is 12.1 Å². The Morgan fingerprint density at radius 2 is 1.27 bits per heavy atom. The van der Waals surface area contributed by atoms with Crippen LogP contribution >= 0.6 is 0 Å². The topological polar surface area (TPSA) is 95.5 Å². The van der Waals surface area contributed by atoms with Gasteiger partial charge in [0.05, 0.1) is 0 Å². The number of amides is 2. The molecule has 0 unspecified atom stereocenters. The second-order valence-corrected chi connectivity index (χ2v) is 6.03. The molecule has 3 N–H and O–H groups in total. The van der Waals surface area contributed by atoms with Crippen molar-refractivity contribution in [1.82, 2.24) is 10.6 Å². The second-order valence-electron chi connectivity index (χ2n) is 6.03. The zero-order valence-electron chi connectivity index (χ0n) is 14.5. The maximum absolute atomic E-state index is 12.6. The molecule has 2 rings (SSSR count). The first kappa shape index (κ1) is 19.2. The van der Waals surface area contributed by atoms with Gasteiger partial charge in [0.2, 0.25) is 11.8 Å². The van der Waals surface area contributed by atoms with Crippen molar-refractivity contribution in [3.63, 3.8) is 0 Å². The van der Waals surface area contributed by atoms with E-state index in [4.69, 9.17) is 0 Å². The molecule has 0 aliphatic heterocycles. The number of aliphatic carboxylic acids is 1. The Labute approximate surface area is 152 Å². The first-order valence-electron chi connectivity index (χ1n) is 8.34. The van der Waals surface area contributed by atoms with Crippen LogP contribution in [0, 0.1) is 0 Å². The van der Waals surface area contributed by atoms with Crippen LogP contribution in [0.4, 0.5) is 0 Å². The van der Waals surface area contributed by atoms with Gasteiger partial charge in [-0.25, -0.2) is 4.79 Å². The van der Waals surface area contributed by atoms with Crippen molar-refractivity contribution in [1.29, 1.82) is 0 Å². The van der Waals surface area contributed by atoms with Crippen LogP contribution in [0.15, 0.2) is 60.7 Å². The van der Waals surface area contributed by atoms with Gasteiger partial charge in [-0.2, -0.15) is 0 Å². The summed E-state index contributed by atoms with van der Waals surface area (Å²) in [7, 11) is 0. The Hall–Kier alpha value is -3.15. The summed E-state index contributed by atoms with van der Waals surface area (Å²) in [5.41, 5.74) is 1.68. The van der Waals surface area contributed by atoms with E-state index < -0.39 is 24.0 Å². The number of hydrogen-bond donors (Lipinski definition) is 3. The van der Waals surface area contributed by atoms with Crippen molar-refractivity contribution in [3.8, 4) is 0 Å². The van der Waals surface area contributed by atoms with Crippen molar-refractivity contribution in [2.24, 2.45) is 0 Å². The van der Waals surface area contributed by atoms with E-state index in [9.17, 15) is 19.5 Å². The number of benzene rings is 2. The number of rotatable bonds is 8. The van der Waals surface area contributed by atoms with Crippen molar-refractivity contribution < 1.29 is 19.5 Å². The molecule has 0 heterocycles. The highest BCUT2D eigenvalue weighted by molar-refractivity contribution is 5.90. The third-order valence-electron chi connectivity index (χ3n) is 3.87. The summed E-state index contributed by atoms with van der Waals surface area (Å²) in [4.78, 5) is 35.6. The number of carbonyl (C=O) groups is 3. The number of carboxylic acid groups (broad SMARTS) is 1. The molecule has 0 bridgehead atoms. The minimum absolute atomic E-state index is 0.167. The van der Waals surface area contributed by atoms with Gasteiger partial charge < -0.3 is 15.7 Å². The average Bonchev–Trinajstić information content (AvgIpc) is 2.62. The monoisotopic (exact) mass is 354 g/mol. The summed E-state index contributed by atoms with van der Waals surface area (Å²) in [5, 5.41) is 14.6. The molecule has 26 heavy (non-hydrogen) atoms. The van der Waals surface area contributed by atoms with Gasteiger partial charge in [0.25, 0.3) is 0 Å². The van der Waals surface area contributed by atoms with E-state index in [0.29, 0.717) is 0 Å². The van der Waals surface area contributed by atoms with Crippen LogP contribution < -0.4 is 10.6 Å². The molecule has 0 aromatic heterocycles. The highest BCUT2D eigenvalue weighted by Crippen LogP contribution is 2.07. The lowest BCUT2D eigenvalue weighted by molar-refractivity contribution is -0.142. The Morgan fingerprint density at radius 3 is 1.69 bits per heavy atom. The molecule has 2 aromatic carbocycles. The number of hydrogen-bond acceptors (Lipinski definition) is 3. The van der Waals surface area contributed by atoms with Crippen LogP contribution in [0.1, 0.15) is 18.1 Å². The lowest BCUT2D eigenvalue weighted by atomic mass is 10.0. The third-order valence-corrected chi connectivity index (χ3v) is 3.87. The SMILES string of the molecule is CC(=O)N[C@@H](Cc1ccccc1)C(=O)N[C@@H](Cc1ccccc1)C(=O)O. The summed E-state index contributed by atoms with van der Waals surface area (Å²) in [6.45, 7) is 1.32. The molecule has 2 atom stereocenters. The van der Waals surface area contributed by atoms with Crippen LogP contribution in [-0.4, -0.2) is 35.0 Å². The molecule has 0 radical (unpaired) electrons. The fourth-order valence-electron chi connectivity index (χ4n) is 2.63. The Morgan fingerprint density at radius 1 is 0.808 bits per heavy atom. The van der Waals surface area contributed by atoms with Crippen LogP contribution in [-0.2, 0) is 27.2 Å². The quantitative estimate of drug-likeness (QED) is 0.670. The van der Waals surface area contributed by atoms with Crippen LogP contribution in [0.5, 0.6) is 0 Å². The molecular weight excluding hydrogens is 332 g/mol. The van der Waals surface area contributed by atoms with Crippen LogP contribution in [0.3, 0.4) is 0 Å². The molecule has 6 nitrogen and oxygen atoms in total. The summed E-state index contributed by atoms with van der Waals surface area (Å²) < 4.78 is 0. The molecule has 0 saturated heterocycles. The Balaban J connectivity index is 2.09. The molecular formula is C20H22N2O4. The average molecular weight is 354 g/mol. The summed E-state index contributed by atoms with van der Waals surface area (Å²) in [6.07, 6.45) is 0.448. The molecule has 136 valence electrons. The smallest absolute Gasteiger partial charge is 0.326 e. The fraction of sp³-hybridized carbons (Fsp3) is 0.250.